The van der Waals surface area contributed by atoms with Gasteiger partial charge in [-0.05, 0) is 54.7 Å². The number of sulfonamides is 1. The van der Waals surface area contributed by atoms with Gasteiger partial charge in [0.2, 0.25) is 0 Å². The summed E-state index contributed by atoms with van der Waals surface area (Å²) >= 11 is 16.7. The van der Waals surface area contributed by atoms with Crippen LogP contribution >= 0.6 is 35.4 Å². The summed E-state index contributed by atoms with van der Waals surface area (Å²) < 4.78 is 27.1. The summed E-state index contributed by atoms with van der Waals surface area (Å²) in [7, 11) is -2.03. The van der Waals surface area contributed by atoms with Gasteiger partial charge in [0.15, 0.2) is 5.11 Å². The first-order valence-electron chi connectivity index (χ1n) is 6.38. The molecule has 0 saturated carbocycles. The standard InChI is InChI=1S/C14H13Cl2N3O2S2/c1-17-14(22)18-9-2-5-11(6-3-9)23(20,21)19-10-4-7-12(15)13(16)8-10/h2-8,19H,1H3,(H2,17,18,22). The quantitative estimate of drug-likeness (QED) is 0.695. The van der Waals surface area contributed by atoms with Crippen molar-refractivity contribution in [2.24, 2.45) is 0 Å². The molecule has 9 heteroatoms. The Labute approximate surface area is 150 Å². The van der Waals surface area contributed by atoms with Crippen molar-refractivity contribution in [3.05, 3.63) is 52.5 Å². The largest absolute Gasteiger partial charge is 0.366 e. The number of thiocarbonyl (C=S) groups is 1. The Hall–Kier alpha value is -1.54. The lowest BCUT2D eigenvalue weighted by Gasteiger charge is -2.10. The third-order valence-corrected chi connectivity index (χ3v) is 5.26. The van der Waals surface area contributed by atoms with Gasteiger partial charge in [-0.3, -0.25) is 4.72 Å². The summed E-state index contributed by atoms with van der Waals surface area (Å²) in [6.07, 6.45) is 0. The van der Waals surface area contributed by atoms with E-state index in [4.69, 9.17) is 35.4 Å². The second-order valence-electron chi connectivity index (χ2n) is 4.46. The Morgan fingerprint density at radius 1 is 1.00 bits per heavy atom. The molecule has 5 nitrogen and oxygen atoms in total. The van der Waals surface area contributed by atoms with E-state index in [1.807, 2.05) is 0 Å². The molecule has 0 aliphatic rings. The van der Waals surface area contributed by atoms with E-state index in [0.29, 0.717) is 21.5 Å². The smallest absolute Gasteiger partial charge is 0.261 e. The minimum Gasteiger partial charge on any atom is -0.366 e. The molecular weight excluding hydrogens is 377 g/mol. The topological polar surface area (TPSA) is 70.2 Å². The first kappa shape index (κ1) is 17.8. The number of hydrogen-bond acceptors (Lipinski definition) is 3. The summed E-state index contributed by atoms with van der Waals surface area (Å²) in [5, 5.41) is 6.74. The maximum absolute atomic E-state index is 12.3. The average molecular weight is 390 g/mol. The molecule has 122 valence electrons. The van der Waals surface area contributed by atoms with Crippen molar-refractivity contribution in [2.75, 3.05) is 17.1 Å². The van der Waals surface area contributed by atoms with Gasteiger partial charge < -0.3 is 10.6 Å². The van der Waals surface area contributed by atoms with Crippen LogP contribution in [0.3, 0.4) is 0 Å². The van der Waals surface area contributed by atoms with Crippen LogP contribution in [-0.2, 0) is 10.0 Å². The molecule has 0 heterocycles. The Kier molecular flexibility index (Phi) is 5.69. The number of rotatable bonds is 4. The van der Waals surface area contributed by atoms with E-state index in [1.165, 1.54) is 30.3 Å². The summed E-state index contributed by atoms with van der Waals surface area (Å²) in [5.41, 5.74) is 1.01. The fourth-order valence-corrected chi connectivity index (χ4v) is 3.15. The molecule has 0 aromatic heterocycles. The summed E-state index contributed by atoms with van der Waals surface area (Å²) in [4.78, 5) is 0.115. The van der Waals surface area contributed by atoms with Gasteiger partial charge in [-0.1, -0.05) is 23.2 Å². The van der Waals surface area contributed by atoms with Crippen LogP contribution in [0.5, 0.6) is 0 Å². The fourth-order valence-electron chi connectivity index (χ4n) is 1.68. The van der Waals surface area contributed by atoms with E-state index in [2.05, 4.69) is 15.4 Å². The van der Waals surface area contributed by atoms with Crippen LogP contribution in [0.2, 0.25) is 10.0 Å². The molecule has 0 bridgehead atoms. The van der Waals surface area contributed by atoms with Crippen molar-refractivity contribution >= 4 is 61.9 Å². The highest BCUT2D eigenvalue weighted by Crippen LogP contribution is 2.26. The van der Waals surface area contributed by atoms with E-state index < -0.39 is 10.0 Å². The molecule has 0 radical (unpaired) electrons. The maximum atomic E-state index is 12.3. The van der Waals surface area contributed by atoms with Crippen LogP contribution in [0.25, 0.3) is 0 Å². The number of halogens is 2. The molecular formula is C14H13Cl2N3O2S2. The highest BCUT2D eigenvalue weighted by atomic mass is 35.5. The zero-order valence-electron chi connectivity index (χ0n) is 11.9. The minimum atomic E-state index is -3.72. The zero-order valence-corrected chi connectivity index (χ0v) is 15.1. The third-order valence-electron chi connectivity index (χ3n) is 2.82. The third kappa shape index (κ3) is 4.71. The molecule has 0 saturated heterocycles. The van der Waals surface area contributed by atoms with Crippen molar-refractivity contribution in [2.45, 2.75) is 4.90 Å². The predicted molar refractivity (Wildman–Crippen MR) is 99.0 cm³/mol. The number of benzene rings is 2. The predicted octanol–water partition coefficient (Wildman–Crippen LogP) is 3.71. The molecule has 0 amide bonds. The van der Waals surface area contributed by atoms with E-state index in [1.54, 1.807) is 19.2 Å². The molecule has 0 spiro atoms. The van der Waals surface area contributed by atoms with Crippen LogP contribution < -0.4 is 15.4 Å². The normalized spacial score (nSPS) is 10.9. The van der Waals surface area contributed by atoms with Crippen molar-refractivity contribution in [1.29, 1.82) is 0 Å². The number of hydrogen-bond donors (Lipinski definition) is 3. The molecule has 0 fully saturated rings. The van der Waals surface area contributed by atoms with Gasteiger partial charge in [0, 0.05) is 12.7 Å². The summed E-state index contributed by atoms with van der Waals surface area (Å²) in [6.45, 7) is 0. The first-order valence-corrected chi connectivity index (χ1v) is 9.03. The molecule has 0 aliphatic carbocycles. The van der Waals surface area contributed by atoms with Crippen molar-refractivity contribution < 1.29 is 8.42 Å². The van der Waals surface area contributed by atoms with E-state index in [-0.39, 0.29) is 9.92 Å². The van der Waals surface area contributed by atoms with Crippen LogP contribution in [0.1, 0.15) is 0 Å². The molecule has 0 aliphatic heterocycles. The summed E-state index contributed by atoms with van der Waals surface area (Å²) in [5.74, 6) is 0. The van der Waals surface area contributed by atoms with Gasteiger partial charge in [0.1, 0.15) is 0 Å². The highest BCUT2D eigenvalue weighted by Gasteiger charge is 2.14. The molecule has 0 unspecified atom stereocenters. The van der Waals surface area contributed by atoms with Gasteiger partial charge >= 0.3 is 0 Å². The van der Waals surface area contributed by atoms with Crippen LogP contribution in [-0.4, -0.2) is 20.6 Å². The van der Waals surface area contributed by atoms with E-state index in [9.17, 15) is 8.42 Å². The lowest BCUT2D eigenvalue weighted by molar-refractivity contribution is 0.601. The average Bonchev–Trinajstić information content (AvgIpc) is 2.51. The molecule has 2 aromatic rings. The number of nitrogens with one attached hydrogen (secondary N) is 3. The number of anilines is 2. The minimum absolute atomic E-state index is 0.115. The second kappa shape index (κ2) is 7.35. The molecule has 3 N–H and O–H groups in total. The van der Waals surface area contributed by atoms with E-state index >= 15 is 0 Å². The Balaban J connectivity index is 2.18. The van der Waals surface area contributed by atoms with Gasteiger partial charge in [0.25, 0.3) is 10.0 Å². The Bertz CT molecular complexity index is 824. The van der Waals surface area contributed by atoms with Gasteiger partial charge in [-0.15, -0.1) is 0 Å². The van der Waals surface area contributed by atoms with Crippen molar-refractivity contribution in [3.63, 3.8) is 0 Å². The maximum Gasteiger partial charge on any atom is 0.261 e. The van der Waals surface area contributed by atoms with Crippen LogP contribution in [0.4, 0.5) is 11.4 Å². The molecule has 0 atom stereocenters. The van der Waals surface area contributed by atoms with Gasteiger partial charge in [0.05, 0.1) is 20.6 Å². The molecule has 2 rings (SSSR count). The zero-order chi connectivity index (χ0) is 17.0. The molecule has 23 heavy (non-hydrogen) atoms. The lowest BCUT2D eigenvalue weighted by Crippen LogP contribution is -2.24. The van der Waals surface area contributed by atoms with Gasteiger partial charge in [-0.25, -0.2) is 8.42 Å². The lowest BCUT2D eigenvalue weighted by atomic mass is 10.3. The Morgan fingerprint density at radius 2 is 1.61 bits per heavy atom. The van der Waals surface area contributed by atoms with Gasteiger partial charge in [-0.2, -0.15) is 0 Å². The highest BCUT2D eigenvalue weighted by molar-refractivity contribution is 7.92. The first-order chi connectivity index (χ1) is 10.8. The van der Waals surface area contributed by atoms with Crippen molar-refractivity contribution in [1.82, 2.24) is 5.32 Å². The van der Waals surface area contributed by atoms with Crippen LogP contribution in [0, 0.1) is 0 Å². The Morgan fingerprint density at radius 3 is 2.17 bits per heavy atom. The fraction of sp³-hybridized carbons (Fsp3) is 0.0714. The van der Waals surface area contributed by atoms with Crippen LogP contribution in [0.15, 0.2) is 47.4 Å². The second-order valence-corrected chi connectivity index (χ2v) is 7.37. The molecule has 2 aromatic carbocycles. The van der Waals surface area contributed by atoms with E-state index in [0.717, 1.165) is 0 Å². The van der Waals surface area contributed by atoms with Crippen molar-refractivity contribution in [3.8, 4) is 0 Å². The summed E-state index contributed by atoms with van der Waals surface area (Å²) in [6, 6.07) is 10.7. The SMILES string of the molecule is CNC(=S)Nc1ccc(S(=O)(=O)Nc2ccc(Cl)c(Cl)c2)cc1. The monoisotopic (exact) mass is 389 g/mol.